The maximum atomic E-state index is 10.6. The lowest BCUT2D eigenvalue weighted by Crippen LogP contribution is -2.16. The van der Waals surface area contributed by atoms with E-state index in [0.717, 1.165) is 0 Å². The molecule has 0 unspecified atom stereocenters. The first-order valence-corrected chi connectivity index (χ1v) is 6.80. The molecule has 10 heavy (non-hydrogen) atoms. The molecule has 0 aliphatic rings. The highest BCUT2D eigenvalue weighted by Gasteiger charge is 2.07. The van der Waals surface area contributed by atoms with Crippen LogP contribution in [0.25, 0.3) is 0 Å². The Morgan fingerprint density at radius 2 is 1.90 bits per heavy atom. The fourth-order valence-corrected chi connectivity index (χ4v) is 1.02. The van der Waals surface area contributed by atoms with E-state index in [1.54, 1.807) is 0 Å². The second-order valence-corrected chi connectivity index (χ2v) is 8.29. The predicted molar refractivity (Wildman–Crippen MR) is 44.5 cm³/mol. The number of ether oxygens (including phenoxy) is 1. The minimum absolute atomic E-state index is 0.262. The molecule has 2 nitrogen and oxygen atoms in total. The standard InChI is InChI=1S/C7H14O2Si/c1-9-7(8)5-6-10(2,3)4/h5-6H,1-4H3/b6-5+. The van der Waals surface area contributed by atoms with Crippen molar-refractivity contribution in [1.82, 2.24) is 0 Å². The Morgan fingerprint density at radius 3 is 2.20 bits per heavy atom. The molecule has 0 saturated carbocycles. The van der Waals surface area contributed by atoms with Crippen LogP contribution in [0.3, 0.4) is 0 Å². The topological polar surface area (TPSA) is 26.3 Å². The first-order valence-electron chi connectivity index (χ1n) is 3.23. The van der Waals surface area contributed by atoms with Crippen molar-refractivity contribution in [3.05, 3.63) is 11.8 Å². The Balaban J connectivity index is 3.88. The van der Waals surface area contributed by atoms with Crippen LogP contribution in [-0.2, 0) is 9.53 Å². The lowest BCUT2D eigenvalue weighted by Gasteiger charge is -2.06. The van der Waals surface area contributed by atoms with Crippen molar-refractivity contribution in [3.63, 3.8) is 0 Å². The molecule has 0 fully saturated rings. The summed E-state index contributed by atoms with van der Waals surface area (Å²) in [4.78, 5) is 10.6. The molecule has 0 bridgehead atoms. The van der Waals surface area contributed by atoms with E-state index in [-0.39, 0.29) is 5.97 Å². The fraction of sp³-hybridized carbons (Fsp3) is 0.571. The second-order valence-electron chi connectivity index (χ2n) is 3.22. The molecular formula is C7H14O2Si. The molecule has 0 aromatic heterocycles. The molecule has 0 rings (SSSR count). The van der Waals surface area contributed by atoms with Crippen LogP contribution in [0, 0.1) is 0 Å². The van der Waals surface area contributed by atoms with Gasteiger partial charge in [-0.05, 0) is 0 Å². The van der Waals surface area contributed by atoms with E-state index >= 15 is 0 Å². The lowest BCUT2D eigenvalue weighted by molar-refractivity contribution is -0.134. The average Bonchev–Trinajstić information content (AvgIpc) is 1.81. The monoisotopic (exact) mass is 158 g/mol. The molecule has 0 aliphatic heterocycles. The molecule has 0 radical (unpaired) electrons. The van der Waals surface area contributed by atoms with E-state index in [1.165, 1.54) is 13.2 Å². The minimum atomic E-state index is -1.22. The van der Waals surface area contributed by atoms with Crippen molar-refractivity contribution >= 4 is 14.0 Å². The molecule has 0 heterocycles. The van der Waals surface area contributed by atoms with Crippen LogP contribution < -0.4 is 0 Å². The first-order chi connectivity index (χ1) is 4.45. The van der Waals surface area contributed by atoms with E-state index in [9.17, 15) is 4.79 Å². The van der Waals surface area contributed by atoms with E-state index in [0.29, 0.717) is 0 Å². The second kappa shape index (κ2) is 3.56. The highest BCUT2D eigenvalue weighted by molar-refractivity contribution is 6.81. The maximum Gasteiger partial charge on any atom is 0.329 e. The van der Waals surface area contributed by atoms with Crippen LogP contribution in [0.15, 0.2) is 11.8 Å². The van der Waals surface area contributed by atoms with Gasteiger partial charge in [0.05, 0.1) is 15.2 Å². The Morgan fingerprint density at radius 1 is 1.40 bits per heavy atom. The number of rotatable bonds is 2. The van der Waals surface area contributed by atoms with Crippen LogP contribution in [0.5, 0.6) is 0 Å². The van der Waals surface area contributed by atoms with Crippen molar-refractivity contribution < 1.29 is 9.53 Å². The summed E-state index contributed by atoms with van der Waals surface area (Å²) in [6.07, 6.45) is 1.51. The Labute approximate surface area is 62.9 Å². The summed E-state index contributed by atoms with van der Waals surface area (Å²) in [5, 5.41) is 0. The van der Waals surface area contributed by atoms with Crippen molar-refractivity contribution in [1.29, 1.82) is 0 Å². The summed E-state index contributed by atoms with van der Waals surface area (Å²) in [6, 6.07) is 0. The number of hydrogen-bond donors (Lipinski definition) is 0. The largest absolute Gasteiger partial charge is 0.466 e. The van der Waals surface area contributed by atoms with Crippen molar-refractivity contribution in [2.45, 2.75) is 19.6 Å². The SMILES string of the molecule is COC(=O)/C=C/[Si](C)(C)C. The van der Waals surface area contributed by atoms with Gasteiger partial charge in [-0.1, -0.05) is 25.3 Å². The van der Waals surface area contributed by atoms with E-state index in [2.05, 4.69) is 24.4 Å². The summed E-state index contributed by atoms with van der Waals surface area (Å²) in [7, 11) is 0.168. The first kappa shape index (κ1) is 9.43. The summed E-state index contributed by atoms with van der Waals surface area (Å²) < 4.78 is 4.44. The molecular weight excluding hydrogens is 144 g/mol. The average molecular weight is 158 g/mol. The van der Waals surface area contributed by atoms with Gasteiger partial charge in [-0.15, -0.1) is 0 Å². The third-order valence-electron chi connectivity index (χ3n) is 0.921. The van der Waals surface area contributed by atoms with Gasteiger partial charge in [-0.2, -0.15) is 0 Å². The zero-order chi connectivity index (χ0) is 8.20. The van der Waals surface area contributed by atoms with Crippen LogP contribution >= 0.6 is 0 Å². The van der Waals surface area contributed by atoms with E-state index in [4.69, 9.17) is 0 Å². The third-order valence-corrected chi connectivity index (χ3v) is 2.09. The van der Waals surface area contributed by atoms with Gasteiger partial charge in [0.15, 0.2) is 0 Å². The Hall–Kier alpha value is -0.573. The van der Waals surface area contributed by atoms with Crippen molar-refractivity contribution in [2.75, 3.05) is 7.11 Å². The smallest absolute Gasteiger partial charge is 0.329 e. The molecule has 0 aliphatic carbocycles. The quantitative estimate of drug-likeness (QED) is 0.346. The van der Waals surface area contributed by atoms with E-state index < -0.39 is 8.07 Å². The van der Waals surface area contributed by atoms with Gasteiger partial charge in [0.1, 0.15) is 0 Å². The number of hydrogen-bond acceptors (Lipinski definition) is 2. The minimum Gasteiger partial charge on any atom is -0.466 e. The van der Waals surface area contributed by atoms with Gasteiger partial charge in [0.25, 0.3) is 0 Å². The van der Waals surface area contributed by atoms with Crippen LogP contribution in [0.2, 0.25) is 19.6 Å². The maximum absolute atomic E-state index is 10.6. The Kier molecular flexibility index (Phi) is 3.36. The van der Waals surface area contributed by atoms with Gasteiger partial charge in [-0.25, -0.2) is 4.79 Å². The summed E-state index contributed by atoms with van der Waals surface area (Å²) in [6.45, 7) is 6.48. The predicted octanol–water partition coefficient (Wildman–Crippen LogP) is 1.59. The summed E-state index contributed by atoms with van der Waals surface area (Å²) >= 11 is 0. The number of esters is 1. The zero-order valence-corrected chi connectivity index (χ0v) is 7.97. The van der Waals surface area contributed by atoms with Crippen LogP contribution in [0.1, 0.15) is 0 Å². The molecule has 0 aromatic carbocycles. The molecule has 0 aromatic rings. The lowest BCUT2D eigenvalue weighted by atomic mass is 10.7. The fourth-order valence-electron chi connectivity index (χ4n) is 0.386. The number of carbonyl (C=O) groups is 1. The van der Waals surface area contributed by atoms with Crippen LogP contribution in [0.4, 0.5) is 0 Å². The molecule has 0 atom stereocenters. The van der Waals surface area contributed by atoms with Gasteiger partial charge in [0.2, 0.25) is 0 Å². The molecule has 58 valence electrons. The molecule has 0 saturated heterocycles. The normalized spacial score (nSPS) is 12.0. The number of methoxy groups -OCH3 is 1. The molecule has 0 N–H and O–H groups in total. The van der Waals surface area contributed by atoms with E-state index in [1.807, 2.05) is 5.70 Å². The van der Waals surface area contributed by atoms with Crippen LogP contribution in [-0.4, -0.2) is 21.2 Å². The highest BCUT2D eigenvalue weighted by atomic mass is 28.3. The molecule has 0 spiro atoms. The zero-order valence-electron chi connectivity index (χ0n) is 6.97. The number of carbonyl (C=O) groups excluding carboxylic acids is 1. The van der Waals surface area contributed by atoms with Crippen molar-refractivity contribution in [2.24, 2.45) is 0 Å². The van der Waals surface area contributed by atoms with Gasteiger partial charge >= 0.3 is 5.97 Å². The van der Waals surface area contributed by atoms with Gasteiger partial charge in [0, 0.05) is 6.08 Å². The Bertz CT molecular complexity index is 144. The summed E-state index contributed by atoms with van der Waals surface area (Å²) in [5.74, 6) is -0.262. The van der Waals surface area contributed by atoms with Gasteiger partial charge < -0.3 is 4.74 Å². The summed E-state index contributed by atoms with van der Waals surface area (Å²) in [5.41, 5.74) is 1.96. The molecule has 0 amide bonds. The third kappa shape index (κ3) is 5.56. The van der Waals surface area contributed by atoms with Gasteiger partial charge in [-0.3, -0.25) is 0 Å². The highest BCUT2D eigenvalue weighted by Crippen LogP contribution is 2.01. The van der Waals surface area contributed by atoms with Crippen molar-refractivity contribution in [3.8, 4) is 0 Å². The molecule has 3 heteroatoms.